The van der Waals surface area contributed by atoms with Crippen molar-refractivity contribution in [3.63, 3.8) is 0 Å². The summed E-state index contributed by atoms with van der Waals surface area (Å²) < 4.78 is 2.44. The molecule has 1 heterocycles. The van der Waals surface area contributed by atoms with E-state index in [0.717, 1.165) is 10.0 Å². The van der Waals surface area contributed by atoms with Gasteiger partial charge in [-0.25, -0.2) is 4.68 Å². The van der Waals surface area contributed by atoms with Crippen molar-refractivity contribution >= 4 is 21.8 Å². The first-order chi connectivity index (χ1) is 9.19. The molecule has 1 amide bonds. The highest BCUT2D eigenvalue weighted by atomic mass is 79.9. The van der Waals surface area contributed by atoms with E-state index in [4.69, 9.17) is 5.73 Å². The summed E-state index contributed by atoms with van der Waals surface area (Å²) in [5.74, 6) is -0.121. The van der Waals surface area contributed by atoms with Crippen LogP contribution in [-0.4, -0.2) is 20.9 Å². The molecule has 0 aliphatic carbocycles. The van der Waals surface area contributed by atoms with Crippen LogP contribution in [0, 0.1) is 0 Å². The summed E-state index contributed by atoms with van der Waals surface area (Å²) in [7, 11) is 0. The van der Waals surface area contributed by atoms with Crippen LogP contribution in [0.15, 0.2) is 34.9 Å². The second-order valence-corrected chi connectivity index (χ2v) is 4.83. The molecular formula is C12H14BrN5O. The van der Waals surface area contributed by atoms with Gasteiger partial charge in [-0.3, -0.25) is 4.79 Å². The van der Waals surface area contributed by atoms with Gasteiger partial charge in [0.1, 0.15) is 6.54 Å². The van der Waals surface area contributed by atoms with Gasteiger partial charge in [-0.15, -0.1) is 5.10 Å². The molecule has 100 valence electrons. The maximum absolute atomic E-state index is 11.7. The Balaban J connectivity index is 1.86. The summed E-state index contributed by atoms with van der Waals surface area (Å²) in [5.41, 5.74) is 7.11. The first-order valence-corrected chi connectivity index (χ1v) is 6.57. The van der Waals surface area contributed by atoms with E-state index in [-0.39, 0.29) is 12.5 Å². The molecule has 1 aromatic heterocycles. The van der Waals surface area contributed by atoms with Gasteiger partial charge >= 0.3 is 0 Å². The van der Waals surface area contributed by atoms with Crippen LogP contribution >= 0.6 is 15.9 Å². The van der Waals surface area contributed by atoms with Gasteiger partial charge in [0.05, 0.1) is 11.9 Å². The monoisotopic (exact) mass is 323 g/mol. The lowest BCUT2D eigenvalue weighted by Crippen LogP contribution is -2.27. The molecular weight excluding hydrogens is 310 g/mol. The maximum Gasteiger partial charge on any atom is 0.242 e. The zero-order valence-corrected chi connectivity index (χ0v) is 11.8. The molecule has 19 heavy (non-hydrogen) atoms. The fourth-order valence-electron chi connectivity index (χ4n) is 1.55. The van der Waals surface area contributed by atoms with Gasteiger partial charge < -0.3 is 11.1 Å². The zero-order valence-electron chi connectivity index (χ0n) is 10.2. The van der Waals surface area contributed by atoms with Crippen LogP contribution in [-0.2, 0) is 24.4 Å². The predicted octanol–water partition coefficient (Wildman–Crippen LogP) is 0.816. The lowest BCUT2D eigenvalue weighted by molar-refractivity contribution is -0.122. The van der Waals surface area contributed by atoms with Gasteiger partial charge in [0.15, 0.2) is 0 Å². The number of hydrogen-bond donors (Lipinski definition) is 2. The number of carbonyl (C=O) groups excluding carboxylic acids is 1. The van der Waals surface area contributed by atoms with E-state index in [9.17, 15) is 4.79 Å². The Bertz CT molecular complexity index is 569. The molecule has 3 N–H and O–H groups in total. The quantitative estimate of drug-likeness (QED) is 0.852. The van der Waals surface area contributed by atoms with Crippen LogP contribution < -0.4 is 11.1 Å². The third kappa shape index (κ3) is 3.87. The number of carbonyl (C=O) groups is 1. The van der Waals surface area contributed by atoms with Gasteiger partial charge in [0.25, 0.3) is 0 Å². The number of nitrogens with two attached hydrogens (primary N) is 1. The van der Waals surface area contributed by atoms with E-state index in [1.165, 1.54) is 4.68 Å². The Morgan fingerprint density at radius 3 is 2.89 bits per heavy atom. The van der Waals surface area contributed by atoms with E-state index in [2.05, 4.69) is 31.6 Å². The molecule has 6 nitrogen and oxygen atoms in total. The number of hydrogen-bond acceptors (Lipinski definition) is 4. The van der Waals surface area contributed by atoms with E-state index in [0.29, 0.717) is 18.8 Å². The van der Waals surface area contributed by atoms with Gasteiger partial charge in [-0.2, -0.15) is 0 Å². The second kappa shape index (κ2) is 6.44. The van der Waals surface area contributed by atoms with Crippen molar-refractivity contribution in [2.45, 2.75) is 19.6 Å². The molecule has 2 aromatic rings. The SMILES string of the molecule is NCc1cn(CC(=O)NCc2ccccc2Br)nn1. The highest BCUT2D eigenvalue weighted by molar-refractivity contribution is 9.10. The second-order valence-electron chi connectivity index (χ2n) is 3.98. The molecule has 2 rings (SSSR count). The van der Waals surface area contributed by atoms with Crippen LogP contribution in [0.4, 0.5) is 0 Å². The lowest BCUT2D eigenvalue weighted by atomic mass is 10.2. The first-order valence-electron chi connectivity index (χ1n) is 5.78. The third-order valence-corrected chi connectivity index (χ3v) is 3.31. The van der Waals surface area contributed by atoms with Gasteiger partial charge in [0, 0.05) is 17.6 Å². The largest absolute Gasteiger partial charge is 0.350 e. The Morgan fingerprint density at radius 1 is 1.42 bits per heavy atom. The number of rotatable bonds is 5. The zero-order chi connectivity index (χ0) is 13.7. The fraction of sp³-hybridized carbons (Fsp3) is 0.250. The Hall–Kier alpha value is -1.73. The summed E-state index contributed by atoms with van der Waals surface area (Å²) in [6.07, 6.45) is 1.66. The van der Waals surface area contributed by atoms with E-state index in [1.54, 1.807) is 6.20 Å². The topological polar surface area (TPSA) is 85.8 Å². The standard InChI is InChI=1S/C12H14BrN5O/c13-11-4-2-1-3-9(11)6-15-12(19)8-18-7-10(5-14)16-17-18/h1-4,7H,5-6,8,14H2,(H,15,19). The Labute approximate surface area is 119 Å². The number of nitrogens with zero attached hydrogens (tertiary/aromatic N) is 3. The average Bonchev–Trinajstić information content (AvgIpc) is 2.85. The molecule has 0 bridgehead atoms. The minimum absolute atomic E-state index is 0.121. The van der Waals surface area contributed by atoms with Crippen LogP contribution in [0.25, 0.3) is 0 Å². The summed E-state index contributed by atoms with van der Waals surface area (Å²) in [6, 6.07) is 7.75. The van der Waals surface area contributed by atoms with E-state index in [1.807, 2.05) is 24.3 Å². The van der Waals surface area contributed by atoms with Crippen molar-refractivity contribution < 1.29 is 4.79 Å². The van der Waals surface area contributed by atoms with Crippen LogP contribution in [0.2, 0.25) is 0 Å². The number of amides is 1. The summed E-state index contributed by atoms with van der Waals surface area (Å²) in [4.78, 5) is 11.7. The molecule has 0 spiro atoms. The van der Waals surface area contributed by atoms with Crippen LogP contribution in [0.3, 0.4) is 0 Å². The van der Waals surface area contributed by atoms with Crippen LogP contribution in [0.1, 0.15) is 11.3 Å². The van der Waals surface area contributed by atoms with E-state index >= 15 is 0 Å². The van der Waals surface area contributed by atoms with Crippen molar-refractivity contribution in [2.75, 3.05) is 0 Å². The molecule has 1 aromatic carbocycles. The highest BCUT2D eigenvalue weighted by Crippen LogP contribution is 2.15. The number of benzene rings is 1. The van der Waals surface area contributed by atoms with Crippen LogP contribution in [0.5, 0.6) is 0 Å². The molecule has 0 unspecified atom stereocenters. The number of aromatic nitrogens is 3. The van der Waals surface area contributed by atoms with Gasteiger partial charge in [-0.1, -0.05) is 39.3 Å². The Kier molecular flexibility index (Phi) is 4.64. The Morgan fingerprint density at radius 2 is 2.21 bits per heavy atom. The van der Waals surface area contributed by atoms with Crippen molar-refractivity contribution in [3.8, 4) is 0 Å². The molecule has 7 heteroatoms. The minimum atomic E-state index is -0.121. The van der Waals surface area contributed by atoms with Crippen molar-refractivity contribution in [2.24, 2.45) is 5.73 Å². The molecule has 0 aliphatic rings. The predicted molar refractivity (Wildman–Crippen MR) is 73.9 cm³/mol. The van der Waals surface area contributed by atoms with Crippen molar-refractivity contribution in [3.05, 3.63) is 46.2 Å². The highest BCUT2D eigenvalue weighted by Gasteiger charge is 2.06. The lowest BCUT2D eigenvalue weighted by Gasteiger charge is -2.06. The molecule has 0 saturated heterocycles. The molecule has 0 atom stereocenters. The molecule has 0 radical (unpaired) electrons. The molecule has 0 aliphatic heterocycles. The normalized spacial score (nSPS) is 10.4. The van der Waals surface area contributed by atoms with Gasteiger partial charge in [0.2, 0.25) is 5.91 Å². The minimum Gasteiger partial charge on any atom is -0.350 e. The maximum atomic E-state index is 11.7. The van der Waals surface area contributed by atoms with Crippen molar-refractivity contribution in [1.29, 1.82) is 0 Å². The third-order valence-electron chi connectivity index (χ3n) is 2.53. The summed E-state index contributed by atoms with van der Waals surface area (Å²) in [5, 5.41) is 10.5. The van der Waals surface area contributed by atoms with Gasteiger partial charge in [-0.05, 0) is 11.6 Å². The summed E-state index contributed by atoms with van der Waals surface area (Å²) >= 11 is 3.43. The van der Waals surface area contributed by atoms with Crippen molar-refractivity contribution in [1.82, 2.24) is 20.3 Å². The summed E-state index contributed by atoms with van der Waals surface area (Å²) in [6.45, 7) is 0.925. The van der Waals surface area contributed by atoms with E-state index < -0.39 is 0 Å². The smallest absolute Gasteiger partial charge is 0.242 e. The number of halogens is 1. The molecule has 0 fully saturated rings. The molecule has 0 saturated carbocycles. The average molecular weight is 324 g/mol. The first kappa shape index (κ1) is 13.7. The fourth-order valence-corrected chi connectivity index (χ4v) is 1.97. The number of nitrogens with one attached hydrogen (secondary N) is 1.